The van der Waals surface area contributed by atoms with E-state index in [4.69, 9.17) is 9.84 Å². The Labute approximate surface area is 96.0 Å². The van der Waals surface area contributed by atoms with Crippen LogP contribution < -0.4 is 0 Å². The minimum Gasteiger partial charge on any atom is -0.480 e. The van der Waals surface area contributed by atoms with Crippen molar-refractivity contribution in [1.29, 1.82) is 0 Å². The quantitative estimate of drug-likeness (QED) is 0.722. The molecule has 1 rings (SSSR count). The second-order valence-electron chi connectivity index (χ2n) is 4.91. The van der Waals surface area contributed by atoms with E-state index in [0.29, 0.717) is 19.7 Å². The maximum absolute atomic E-state index is 11.0. The molecule has 2 N–H and O–H groups in total. The summed E-state index contributed by atoms with van der Waals surface area (Å²) in [6, 6.07) is -0.640. The number of hydrogen-bond donors (Lipinski definition) is 2. The maximum atomic E-state index is 11.0. The molecule has 0 amide bonds. The molecule has 5 heteroatoms. The van der Waals surface area contributed by atoms with Crippen LogP contribution in [0.15, 0.2) is 0 Å². The Morgan fingerprint density at radius 1 is 1.62 bits per heavy atom. The minimum atomic E-state index is -0.890. The van der Waals surface area contributed by atoms with Crippen molar-refractivity contribution in [3.8, 4) is 0 Å². The fraction of sp³-hybridized carbons (Fsp3) is 0.909. The van der Waals surface area contributed by atoms with Gasteiger partial charge in [0.1, 0.15) is 6.04 Å². The van der Waals surface area contributed by atoms with Gasteiger partial charge in [-0.2, -0.15) is 0 Å². The van der Waals surface area contributed by atoms with E-state index >= 15 is 0 Å². The fourth-order valence-corrected chi connectivity index (χ4v) is 1.65. The lowest BCUT2D eigenvalue weighted by atomic mass is 9.91. The first-order valence-corrected chi connectivity index (χ1v) is 5.61. The van der Waals surface area contributed by atoms with Crippen molar-refractivity contribution in [2.75, 3.05) is 26.3 Å². The van der Waals surface area contributed by atoms with Crippen LogP contribution in [0.3, 0.4) is 0 Å². The van der Waals surface area contributed by atoms with Gasteiger partial charge in [0, 0.05) is 13.1 Å². The number of carboxylic acids is 1. The van der Waals surface area contributed by atoms with E-state index < -0.39 is 17.6 Å². The van der Waals surface area contributed by atoms with E-state index in [1.165, 1.54) is 0 Å². The Morgan fingerprint density at radius 2 is 2.25 bits per heavy atom. The van der Waals surface area contributed by atoms with Gasteiger partial charge in [0.05, 0.1) is 18.8 Å². The Balaban J connectivity index is 2.66. The molecule has 0 saturated carbocycles. The highest BCUT2D eigenvalue weighted by atomic mass is 16.5. The summed E-state index contributed by atoms with van der Waals surface area (Å²) >= 11 is 0. The van der Waals surface area contributed by atoms with Crippen molar-refractivity contribution in [2.24, 2.45) is 5.92 Å². The van der Waals surface area contributed by atoms with Crippen LogP contribution in [-0.2, 0) is 9.53 Å². The summed E-state index contributed by atoms with van der Waals surface area (Å²) < 4.78 is 5.14. The second kappa shape index (κ2) is 5.12. The van der Waals surface area contributed by atoms with E-state index in [-0.39, 0.29) is 12.5 Å². The summed E-state index contributed by atoms with van der Waals surface area (Å²) in [5, 5.41) is 19.2. The van der Waals surface area contributed by atoms with Crippen molar-refractivity contribution in [3.05, 3.63) is 0 Å². The molecule has 1 fully saturated rings. The van der Waals surface area contributed by atoms with Gasteiger partial charge in [-0.3, -0.25) is 9.69 Å². The Morgan fingerprint density at radius 3 is 2.75 bits per heavy atom. The molecule has 1 heterocycles. The SMILES string of the molecule is CC(C)C(C)(O)CN1CCOCC1C(=O)O. The van der Waals surface area contributed by atoms with Gasteiger partial charge in [-0.05, 0) is 12.8 Å². The highest BCUT2D eigenvalue weighted by Gasteiger charge is 2.35. The molecule has 2 atom stereocenters. The molecule has 0 aromatic carbocycles. The number of rotatable bonds is 4. The lowest BCUT2D eigenvalue weighted by molar-refractivity contribution is -0.152. The molecular weight excluding hydrogens is 210 g/mol. The molecule has 0 aromatic rings. The molecule has 1 aliphatic heterocycles. The van der Waals surface area contributed by atoms with Gasteiger partial charge in [0.2, 0.25) is 0 Å². The van der Waals surface area contributed by atoms with Gasteiger partial charge in [0.25, 0.3) is 0 Å². The predicted octanol–water partition coefficient (Wildman–Crippen LogP) is 0.179. The summed E-state index contributed by atoms with van der Waals surface area (Å²) in [5.41, 5.74) is -0.870. The Kier molecular flexibility index (Phi) is 4.29. The zero-order valence-corrected chi connectivity index (χ0v) is 10.1. The summed E-state index contributed by atoms with van der Waals surface area (Å²) in [5.74, 6) is -0.802. The minimum absolute atomic E-state index is 0.0878. The molecule has 0 aromatic heterocycles. The molecule has 1 saturated heterocycles. The number of carbonyl (C=O) groups is 1. The van der Waals surface area contributed by atoms with E-state index in [1.54, 1.807) is 11.8 Å². The summed E-state index contributed by atoms with van der Waals surface area (Å²) in [6.45, 7) is 7.24. The number of aliphatic hydroxyl groups is 1. The normalized spacial score (nSPS) is 26.7. The molecule has 1 aliphatic rings. The summed E-state index contributed by atoms with van der Waals surface area (Å²) in [7, 11) is 0. The third-order valence-electron chi connectivity index (χ3n) is 3.29. The molecule has 0 radical (unpaired) electrons. The number of β-amino-alcohol motifs (C(OH)–C–C–N with tert-alkyl or cyclic N) is 1. The Hall–Kier alpha value is -0.650. The molecular formula is C11H21NO4. The zero-order chi connectivity index (χ0) is 12.3. The van der Waals surface area contributed by atoms with Gasteiger partial charge in [-0.25, -0.2) is 0 Å². The first-order valence-electron chi connectivity index (χ1n) is 5.61. The number of morpholine rings is 1. The van der Waals surface area contributed by atoms with E-state index in [0.717, 1.165) is 0 Å². The van der Waals surface area contributed by atoms with Crippen LogP contribution >= 0.6 is 0 Å². The van der Waals surface area contributed by atoms with Crippen LogP contribution in [-0.4, -0.2) is 59.0 Å². The van der Waals surface area contributed by atoms with E-state index in [1.807, 2.05) is 13.8 Å². The lowest BCUT2D eigenvalue weighted by Gasteiger charge is -2.39. The number of carboxylic acid groups (broad SMARTS) is 1. The summed E-state index contributed by atoms with van der Waals surface area (Å²) in [4.78, 5) is 12.8. The van der Waals surface area contributed by atoms with E-state index in [9.17, 15) is 9.90 Å². The third-order valence-corrected chi connectivity index (χ3v) is 3.29. The van der Waals surface area contributed by atoms with Gasteiger partial charge < -0.3 is 14.9 Å². The average Bonchev–Trinajstić information content (AvgIpc) is 2.17. The standard InChI is InChI=1S/C11H21NO4/c1-8(2)11(3,15)7-12-4-5-16-6-9(12)10(13)14/h8-9,15H,4-7H2,1-3H3,(H,13,14). The molecule has 5 nitrogen and oxygen atoms in total. The number of ether oxygens (including phenoxy) is 1. The Bertz CT molecular complexity index is 252. The van der Waals surface area contributed by atoms with Gasteiger partial charge in [-0.1, -0.05) is 13.8 Å². The molecule has 0 bridgehead atoms. The van der Waals surface area contributed by atoms with Crippen LogP contribution in [0.2, 0.25) is 0 Å². The lowest BCUT2D eigenvalue weighted by Crippen LogP contribution is -2.55. The second-order valence-corrected chi connectivity index (χ2v) is 4.91. The molecule has 0 aliphatic carbocycles. The number of hydrogen-bond acceptors (Lipinski definition) is 4. The molecule has 2 unspecified atom stereocenters. The number of nitrogens with zero attached hydrogens (tertiary/aromatic N) is 1. The maximum Gasteiger partial charge on any atom is 0.323 e. The molecule has 0 spiro atoms. The zero-order valence-electron chi connectivity index (χ0n) is 10.1. The van der Waals surface area contributed by atoms with Gasteiger partial charge in [-0.15, -0.1) is 0 Å². The van der Waals surface area contributed by atoms with Gasteiger partial charge in [0.15, 0.2) is 0 Å². The number of aliphatic carboxylic acids is 1. The van der Waals surface area contributed by atoms with Crippen LogP contribution in [0.5, 0.6) is 0 Å². The van der Waals surface area contributed by atoms with Crippen molar-refractivity contribution in [1.82, 2.24) is 4.90 Å². The van der Waals surface area contributed by atoms with Crippen molar-refractivity contribution < 1.29 is 19.7 Å². The van der Waals surface area contributed by atoms with Crippen LogP contribution in [0.4, 0.5) is 0 Å². The monoisotopic (exact) mass is 231 g/mol. The van der Waals surface area contributed by atoms with Crippen LogP contribution in [0, 0.1) is 5.92 Å². The topological polar surface area (TPSA) is 70.0 Å². The average molecular weight is 231 g/mol. The van der Waals surface area contributed by atoms with Crippen molar-refractivity contribution in [3.63, 3.8) is 0 Å². The fourth-order valence-electron chi connectivity index (χ4n) is 1.65. The summed E-state index contributed by atoms with van der Waals surface area (Å²) in [6.07, 6.45) is 0. The smallest absolute Gasteiger partial charge is 0.323 e. The van der Waals surface area contributed by atoms with Gasteiger partial charge >= 0.3 is 5.97 Å². The molecule has 94 valence electrons. The third kappa shape index (κ3) is 3.17. The van der Waals surface area contributed by atoms with Crippen LogP contribution in [0.1, 0.15) is 20.8 Å². The highest BCUT2D eigenvalue weighted by molar-refractivity contribution is 5.73. The van der Waals surface area contributed by atoms with Crippen molar-refractivity contribution >= 4 is 5.97 Å². The molecule has 16 heavy (non-hydrogen) atoms. The first kappa shape index (κ1) is 13.4. The first-order chi connectivity index (χ1) is 7.34. The largest absolute Gasteiger partial charge is 0.480 e. The highest BCUT2D eigenvalue weighted by Crippen LogP contribution is 2.20. The predicted molar refractivity (Wildman–Crippen MR) is 59.3 cm³/mol. The van der Waals surface area contributed by atoms with Crippen molar-refractivity contribution in [2.45, 2.75) is 32.4 Å². The van der Waals surface area contributed by atoms with Crippen LogP contribution in [0.25, 0.3) is 0 Å². The van der Waals surface area contributed by atoms with E-state index in [2.05, 4.69) is 0 Å².